The smallest absolute Gasteiger partial charge is 0.231 e. The Bertz CT molecular complexity index is 730. The predicted octanol–water partition coefficient (Wildman–Crippen LogP) is 3.58. The van der Waals surface area contributed by atoms with Crippen LogP contribution in [-0.2, 0) is 4.79 Å². The van der Waals surface area contributed by atoms with Gasteiger partial charge in [0.25, 0.3) is 0 Å². The number of carbonyl (C=O) groups is 1. The Hall–Kier alpha value is -2.69. The largest absolute Gasteiger partial charge is 0.454 e. The van der Waals surface area contributed by atoms with Gasteiger partial charge in [0.1, 0.15) is 0 Å². The quantitative estimate of drug-likeness (QED) is 0.881. The second-order valence-corrected chi connectivity index (χ2v) is 5.73. The first kappa shape index (κ1) is 16.2. The van der Waals surface area contributed by atoms with E-state index < -0.39 is 0 Å². The Morgan fingerprint density at radius 2 is 1.96 bits per heavy atom. The van der Waals surface area contributed by atoms with Gasteiger partial charge >= 0.3 is 0 Å². The molecule has 24 heavy (non-hydrogen) atoms. The number of fused-ring (bicyclic) bond motifs is 1. The van der Waals surface area contributed by atoms with Crippen molar-refractivity contribution in [2.45, 2.75) is 20.3 Å². The van der Waals surface area contributed by atoms with E-state index >= 15 is 0 Å². The number of aryl methyl sites for hydroxylation is 1. The van der Waals surface area contributed by atoms with Crippen LogP contribution in [0, 0.1) is 6.92 Å². The fraction of sp³-hybridized carbons (Fsp3) is 0.316. The summed E-state index contributed by atoms with van der Waals surface area (Å²) in [5.74, 6) is 1.37. The Labute approximate surface area is 142 Å². The molecule has 2 aromatic carbocycles. The van der Waals surface area contributed by atoms with Gasteiger partial charge in [0.05, 0.1) is 0 Å². The van der Waals surface area contributed by atoms with Gasteiger partial charge in [0.2, 0.25) is 12.7 Å². The Balaban J connectivity index is 1.57. The number of benzene rings is 2. The summed E-state index contributed by atoms with van der Waals surface area (Å²) in [5.41, 5.74) is 3.12. The van der Waals surface area contributed by atoms with Crippen LogP contribution in [0.4, 0.5) is 11.4 Å². The molecule has 0 spiro atoms. The van der Waals surface area contributed by atoms with Crippen molar-refractivity contribution in [2.75, 3.05) is 30.1 Å². The second-order valence-electron chi connectivity index (χ2n) is 5.73. The summed E-state index contributed by atoms with van der Waals surface area (Å²) in [4.78, 5) is 14.5. The molecule has 1 N–H and O–H groups in total. The van der Waals surface area contributed by atoms with Gasteiger partial charge in [0.15, 0.2) is 11.5 Å². The van der Waals surface area contributed by atoms with Crippen LogP contribution in [-0.4, -0.2) is 25.8 Å². The fourth-order valence-electron chi connectivity index (χ4n) is 2.80. The molecule has 1 aliphatic heterocycles. The minimum absolute atomic E-state index is 0.0131. The number of ether oxygens (including phenoxy) is 2. The highest BCUT2D eigenvalue weighted by Crippen LogP contribution is 2.34. The van der Waals surface area contributed by atoms with Gasteiger partial charge in [-0.25, -0.2) is 0 Å². The van der Waals surface area contributed by atoms with Crippen molar-refractivity contribution in [3.8, 4) is 11.5 Å². The van der Waals surface area contributed by atoms with Crippen molar-refractivity contribution in [3.63, 3.8) is 0 Å². The maximum atomic E-state index is 12.2. The van der Waals surface area contributed by atoms with E-state index in [1.54, 1.807) is 6.07 Å². The molecule has 1 heterocycles. The summed E-state index contributed by atoms with van der Waals surface area (Å²) in [6.07, 6.45) is 0.427. The standard InChI is InChI=1S/C19H22N2O3/c1-3-21(16-7-5-4-6-14(16)2)11-10-19(22)20-15-8-9-17-18(12-15)24-13-23-17/h4-9,12H,3,10-11,13H2,1-2H3,(H,20,22). The molecule has 1 amide bonds. The summed E-state index contributed by atoms with van der Waals surface area (Å²) in [6.45, 7) is 5.96. The first-order valence-corrected chi connectivity index (χ1v) is 8.17. The zero-order chi connectivity index (χ0) is 16.9. The van der Waals surface area contributed by atoms with Gasteiger partial charge in [-0.2, -0.15) is 0 Å². The number of para-hydroxylation sites is 1. The molecule has 0 unspecified atom stereocenters. The number of rotatable bonds is 6. The van der Waals surface area contributed by atoms with Crippen molar-refractivity contribution in [2.24, 2.45) is 0 Å². The van der Waals surface area contributed by atoms with Crippen molar-refractivity contribution in [1.82, 2.24) is 0 Å². The van der Waals surface area contributed by atoms with Crippen LogP contribution in [0.5, 0.6) is 11.5 Å². The van der Waals surface area contributed by atoms with E-state index in [4.69, 9.17) is 9.47 Å². The van der Waals surface area contributed by atoms with Gasteiger partial charge in [-0.3, -0.25) is 4.79 Å². The van der Waals surface area contributed by atoms with E-state index in [0.717, 1.165) is 12.2 Å². The van der Waals surface area contributed by atoms with Crippen molar-refractivity contribution in [3.05, 3.63) is 48.0 Å². The van der Waals surface area contributed by atoms with Crippen LogP contribution in [0.1, 0.15) is 18.9 Å². The zero-order valence-corrected chi connectivity index (χ0v) is 14.0. The lowest BCUT2D eigenvalue weighted by Gasteiger charge is -2.24. The third-order valence-corrected chi connectivity index (χ3v) is 4.10. The molecule has 0 aromatic heterocycles. The van der Waals surface area contributed by atoms with Crippen LogP contribution in [0.2, 0.25) is 0 Å². The van der Waals surface area contributed by atoms with Crippen molar-refractivity contribution in [1.29, 1.82) is 0 Å². The van der Waals surface area contributed by atoms with Crippen LogP contribution in [0.15, 0.2) is 42.5 Å². The lowest BCUT2D eigenvalue weighted by atomic mass is 10.1. The summed E-state index contributed by atoms with van der Waals surface area (Å²) < 4.78 is 10.6. The first-order chi connectivity index (χ1) is 11.7. The summed E-state index contributed by atoms with van der Waals surface area (Å²) in [6, 6.07) is 13.7. The summed E-state index contributed by atoms with van der Waals surface area (Å²) in [5, 5.41) is 2.92. The second kappa shape index (κ2) is 7.25. The minimum atomic E-state index is -0.0131. The highest BCUT2D eigenvalue weighted by atomic mass is 16.7. The molecule has 0 bridgehead atoms. The molecule has 0 aliphatic carbocycles. The van der Waals surface area contributed by atoms with Crippen LogP contribution < -0.4 is 19.7 Å². The van der Waals surface area contributed by atoms with E-state index in [-0.39, 0.29) is 12.7 Å². The summed E-state index contributed by atoms with van der Waals surface area (Å²) in [7, 11) is 0. The number of anilines is 2. The number of nitrogens with one attached hydrogen (secondary N) is 1. The molecule has 0 saturated heterocycles. The van der Waals surface area contributed by atoms with Gasteiger partial charge in [-0.15, -0.1) is 0 Å². The average Bonchev–Trinajstić information content (AvgIpc) is 3.04. The number of hydrogen-bond donors (Lipinski definition) is 1. The monoisotopic (exact) mass is 326 g/mol. The average molecular weight is 326 g/mol. The molecule has 5 nitrogen and oxygen atoms in total. The third kappa shape index (κ3) is 3.62. The molecule has 1 aliphatic rings. The maximum absolute atomic E-state index is 12.2. The lowest BCUT2D eigenvalue weighted by Crippen LogP contribution is -2.28. The molecule has 2 aromatic rings. The number of hydrogen-bond acceptors (Lipinski definition) is 4. The SMILES string of the molecule is CCN(CCC(=O)Nc1ccc2c(c1)OCO2)c1ccccc1C. The lowest BCUT2D eigenvalue weighted by molar-refractivity contribution is -0.116. The Kier molecular flexibility index (Phi) is 4.89. The molecule has 126 valence electrons. The molecule has 0 radical (unpaired) electrons. The minimum Gasteiger partial charge on any atom is -0.454 e. The van der Waals surface area contributed by atoms with E-state index in [1.807, 2.05) is 24.3 Å². The molecule has 3 rings (SSSR count). The molecule has 0 atom stereocenters. The number of amides is 1. The van der Waals surface area contributed by atoms with Crippen LogP contribution >= 0.6 is 0 Å². The number of nitrogens with zero attached hydrogens (tertiary/aromatic N) is 1. The van der Waals surface area contributed by atoms with Crippen LogP contribution in [0.3, 0.4) is 0 Å². The predicted molar refractivity (Wildman–Crippen MR) is 94.9 cm³/mol. The number of carbonyl (C=O) groups excluding carboxylic acids is 1. The van der Waals surface area contributed by atoms with E-state index in [1.165, 1.54) is 11.3 Å². The topological polar surface area (TPSA) is 50.8 Å². The van der Waals surface area contributed by atoms with Gasteiger partial charge in [0, 0.05) is 37.0 Å². The van der Waals surface area contributed by atoms with E-state index in [0.29, 0.717) is 24.5 Å². The van der Waals surface area contributed by atoms with Gasteiger partial charge in [-0.05, 0) is 37.6 Å². The fourth-order valence-corrected chi connectivity index (χ4v) is 2.80. The van der Waals surface area contributed by atoms with Crippen molar-refractivity contribution < 1.29 is 14.3 Å². The van der Waals surface area contributed by atoms with Gasteiger partial charge in [-0.1, -0.05) is 18.2 Å². The Morgan fingerprint density at radius 3 is 2.75 bits per heavy atom. The van der Waals surface area contributed by atoms with E-state index in [2.05, 4.69) is 36.2 Å². The molecule has 0 saturated carbocycles. The first-order valence-electron chi connectivity index (χ1n) is 8.17. The Morgan fingerprint density at radius 1 is 1.17 bits per heavy atom. The molecular weight excluding hydrogens is 304 g/mol. The highest BCUT2D eigenvalue weighted by molar-refractivity contribution is 5.91. The van der Waals surface area contributed by atoms with E-state index in [9.17, 15) is 4.79 Å². The summed E-state index contributed by atoms with van der Waals surface area (Å²) >= 11 is 0. The normalized spacial score (nSPS) is 12.1. The highest BCUT2D eigenvalue weighted by Gasteiger charge is 2.15. The van der Waals surface area contributed by atoms with Crippen molar-refractivity contribution >= 4 is 17.3 Å². The molecular formula is C19H22N2O3. The molecule has 0 fully saturated rings. The maximum Gasteiger partial charge on any atom is 0.231 e. The van der Waals surface area contributed by atoms with Crippen LogP contribution in [0.25, 0.3) is 0 Å². The zero-order valence-electron chi connectivity index (χ0n) is 14.0. The molecule has 5 heteroatoms. The third-order valence-electron chi connectivity index (χ3n) is 4.10. The van der Waals surface area contributed by atoms with Gasteiger partial charge < -0.3 is 19.7 Å².